The fourth-order valence-corrected chi connectivity index (χ4v) is 5.49. The highest BCUT2D eigenvalue weighted by atomic mass is 35.5. The molecule has 0 aromatic heterocycles. The maximum Gasteiger partial charge on any atom is 0.338 e. The molecule has 0 saturated carbocycles. The van der Waals surface area contributed by atoms with Crippen molar-refractivity contribution in [1.82, 2.24) is 9.21 Å². The monoisotopic (exact) mass is 496 g/mol. The Morgan fingerprint density at radius 1 is 1.24 bits per heavy atom. The number of nitrogens with zero attached hydrogens (tertiary/aromatic N) is 2. The Morgan fingerprint density at radius 2 is 1.97 bits per heavy atom. The molecule has 1 aliphatic heterocycles. The van der Waals surface area contributed by atoms with Gasteiger partial charge in [-0.05, 0) is 49.1 Å². The van der Waals surface area contributed by atoms with Gasteiger partial charge in [0, 0.05) is 37.3 Å². The van der Waals surface area contributed by atoms with Crippen LogP contribution < -0.4 is 0 Å². The molecule has 1 atom stereocenters. The average molecular weight is 497 g/mol. The lowest BCUT2D eigenvalue weighted by molar-refractivity contribution is -0.133. The van der Waals surface area contributed by atoms with Crippen LogP contribution in [0.4, 0.5) is 4.39 Å². The fraction of sp³-hybridized carbons (Fsp3) is 0.391. The molecule has 0 radical (unpaired) electrons. The summed E-state index contributed by atoms with van der Waals surface area (Å²) in [5.74, 6) is -1.66. The van der Waals surface area contributed by atoms with Crippen molar-refractivity contribution >= 4 is 33.5 Å². The van der Waals surface area contributed by atoms with Crippen LogP contribution in [0.2, 0.25) is 5.02 Å². The van der Waals surface area contributed by atoms with Crippen molar-refractivity contribution in [2.75, 3.05) is 26.7 Å². The summed E-state index contributed by atoms with van der Waals surface area (Å²) in [5, 5.41) is 0.188. The molecule has 0 bridgehead atoms. The first-order valence-electron chi connectivity index (χ1n) is 10.5. The highest BCUT2D eigenvalue weighted by Gasteiger charge is 2.29. The zero-order valence-corrected chi connectivity index (χ0v) is 20.0. The Labute approximate surface area is 198 Å². The molecule has 0 N–H and O–H groups in total. The molecular weight excluding hydrogens is 471 g/mol. The molecule has 1 amide bonds. The Morgan fingerprint density at radius 3 is 2.67 bits per heavy atom. The van der Waals surface area contributed by atoms with E-state index >= 15 is 0 Å². The lowest BCUT2D eigenvalue weighted by Gasteiger charge is -2.30. The van der Waals surface area contributed by atoms with Crippen molar-refractivity contribution in [2.24, 2.45) is 5.92 Å². The Balaban J connectivity index is 1.63. The predicted molar refractivity (Wildman–Crippen MR) is 122 cm³/mol. The molecule has 0 spiro atoms. The van der Waals surface area contributed by atoms with Gasteiger partial charge in [0.2, 0.25) is 10.0 Å². The maximum absolute atomic E-state index is 13.9. The molecule has 178 valence electrons. The molecule has 1 heterocycles. The lowest BCUT2D eigenvalue weighted by atomic mass is 10.0. The van der Waals surface area contributed by atoms with E-state index in [4.69, 9.17) is 16.3 Å². The van der Waals surface area contributed by atoms with Gasteiger partial charge >= 0.3 is 5.97 Å². The fourth-order valence-electron chi connectivity index (χ4n) is 3.63. The molecular formula is C23H26ClFN2O5S. The van der Waals surface area contributed by atoms with Gasteiger partial charge in [0.1, 0.15) is 5.82 Å². The number of halogens is 2. The number of ether oxygens (including phenoxy) is 1. The van der Waals surface area contributed by atoms with Gasteiger partial charge in [0.15, 0.2) is 6.61 Å². The minimum Gasteiger partial charge on any atom is -0.452 e. The van der Waals surface area contributed by atoms with Crippen molar-refractivity contribution in [3.05, 3.63) is 64.4 Å². The Hall–Kier alpha value is -2.49. The average Bonchev–Trinajstić information content (AvgIpc) is 2.79. The molecule has 2 aromatic rings. The largest absolute Gasteiger partial charge is 0.452 e. The first-order valence-corrected chi connectivity index (χ1v) is 12.4. The van der Waals surface area contributed by atoms with Crippen LogP contribution in [-0.2, 0) is 26.1 Å². The van der Waals surface area contributed by atoms with Gasteiger partial charge < -0.3 is 9.64 Å². The highest BCUT2D eigenvalue weighted by molar-refractivity contribution is 7.89. The molecule has 33 heavy (non-hydrogen) atoms. The zero-order chi connectivity index (χ0) is 24.2. The van der Waals surface area contributed by atoms with E-state index in [9.17, 15) is 22.4 Å². The summed E-state index contributed by atoms with van der Waals surface area (Å²) in [6, 6.07) is 9.80. The number of esters is 1. The van der Waals surface area contributed by atoms with Gasteiger partial charge in [-0.2, -0.15) is 4.31 Å². The van der Waals surface area contributed by atoms with Crippen molar-refractivity contribution in [2.45, 2.75) is 31.2 Å². The van der Waals surface area contributed by atoms with Gasteiger partial charge in [0.05, 0.1) is 10.5 Å². The van der Waals surface area contributed by atoms with Crippen molar-refractivity contribution in [3.8, 4) is 0 Å². The quantitative estimate of drug-likeness (QED) is 0.545. The SMILES string of the molecule is C[C@@H]1CCCN(S(=O)(=O)c2cccc(C(=O)OCC(=O)N(C)Cc3c(F)cccc3Cl)c2)C1. The number of carbonyl (C=O) groups is 2. The van der Waals surface area contributed by atoms with Gasteiger partial charge in [-0.3, -0.25) is 4.79 Å². The standard InChI is InChI=1S/C23H26ClFN2O5S/c1-16-6-5-11-27(13-16)33(30,31)18-8-3-7-17(12-18)23(29)32-15-22(28)26(2)14-19-20(24)9-4-10-21(19)25/h3-4,7-10,12,16H,5-6,11,13-15H2,1-2H3/t16-/m1/s1. The first-order chi connectivity index (χ1) is 15.6. The summed E-state index contributed by atoms with van der Waals surface area (Å²) in [7, 11) is -2.30. The Kier molecular flexibility index (Phi) is 8.10. The number of benzene rings is 2. The van der Waals surface area contributed by atoms with Crippen molar-refractivity contribution in [1.29, 1.82) is 0 Å². The topological polar surface area (TPSA) is 84.0 Å². The minimum atomic E-state index is -3.74. The van der Waals surface area contributed by atoms with Crippen LogP contribution in [0.25, 0.3) is 0 Å². The van der Waals surface area contributed by atoms with Gasteiger partial charge in [-0.25, -0.2) is 17.6 Å². The zero-order valence-electron chi connectivity index (χ0n) is 18.5. The third kappa shape index (κ3) is 6.10. The van der Waals surface area contributed by atoms with Crippen molar-refractivity contribution in [3.63, 3.8) is 0 Å². The lowest BCUT2D eigenvalue weighted by Crippen LogP contribution is -2.39. The van der Waals surface area contributed by atoms with Crippen LogP contribution >= 0.6 is 11.6 Å². The summed E-state index contributed by atoms with van der Waals surface area (Å²) < 4.78 is 46.4. The molecule has 7 nitrogen and oxygen atoms in total. The summed E-state index contributed by atoms with van der Waals surface area (Å²) in [5.41, 5.74) is 0.181. The van der Waals surface area contributed by atoms with Crippen molar-refractivity contribution < 1.29 is 27.1 Å². The number of hydrogen-bond acceptors (Lipinski definition) is 5. The van der Waals surface area contributed by atoms with E-state index < -0.39 is 34.3 Å². The number of amides is 1. The van der Waals surface area contributed by atoms with Crippen LogP contribution in [0.5, 0.6) is 0 Å². The number of rotatable bonds is 7. The number of hydrogen-bond donors (Lipinski definition) is 0. The van der Waals surface area contributed by atoms with Gasteiger partial charge in [-0.1, -0.05) is 30.7 Å². The van der Waals surface area contributed by atoms with E-state index in [0.717, 1.165) is 12.8 Å². The molecule has 1 fully saturated rings. The summed E-state index contributed by atoms with van der Waals surface area (Å²) >= 11 is 5.99. The van der Waals surface area contributed by atoms with E-state index in [1.54, 1.807) is 0 Å². The van der Waals surface area contributed by atoms with Crippen LogP contribution in [0.15, 0.2) is 47.4 Å². The van der Waals surface area contributed by atoms with E-state index in [1.807, 2.05) is 6.92 Å². The highest BCUT2D eigenvalue weighted by Crippen LogP contribution is 2.24. The van der Waals surface area contributed by atoms with Crippen LogP contribution in [0, 0.1) is 11.7 Å². The van der Waals surface area contributed by atoms with Gasteiger partial charge in [-0.15, -0.1) is 0 Å². The predicted octanol–water partition coefficient (Wildman–Crippen LogP) is 3.72. The maximum atomic E-state index is 13.9. The molecule has 0 unspecified atom stereocenters. The molecule has 0 aliphatic carbocycles. The third-order valence-electron chi connectivity index (χ3n) is 5.54. The molecule has 2 aromatic carbocycles. The minimum absolute atomic E-state index is 0.00342. The van der Waals surface area contributed by atoms with E-state index in [-0.39, 0.29) is 33.5 Å². The summed E-state index contributed by atoms with van der Waals surface area (Å²) in [6.07, 6.45) is 1.76. The molecule has 3 rings (SSSR count). The second kappa shape index (κ2) is 10.6. The smallest absolute Gasteiger partial charge is 0.338 e. The second-order valence-corrected chi connectivity index (χ2v) is 10.5. The summed E-state index contributed by atoms with van der Waals surface area (Å²) in [6.45, 7) is 2.20. The third-order valence-corrected chi connectivity index (χ3v) is 7.75. The number of piperidine rings is 1. The number of likely N-dealkylation sites (N-methyl/N-ethyl adjacent to an activating group) is 1. The number of carbonyl (C=O) groups excluding carboxylic acids is 2. The first kappa shape index (κ1) is 25.1. The summed E-state index contributed by atoms with van der Waals surface area (Å²) in [4.78, 5) is 26.0. The molecule has 1 saturated heterocycles. The van der Waals surface area contributed by atoms with Crippen LogP contribution in [-0.4, -0.2) is 56.2 Å². The Bertz CT molecular complexity index is 1120. The normalized spacial score (nSPS) is 16.9. The van der Waals surface area contributed by atoms with Gasteiger partial charge in [0.25, 0.3) is 5.91 Å². The number of sulfonamides is 1. The second-order valence-electron chi connectivity index (χ2n) is 8.16. The molecule has 1 aliphatic rings. The van der Waals surface area contributed by atoms with Crippen LogP contribution in [0.3, 0.4) is 0 Å². The van der Waals surface area contributed by atoms with E-state index in [0.29, 0.717) is 13.1 Å². The van der Waals surface area contributed by atoms with Crippen LogP contribution in [0.1, 0.15) is 35.7 Å². The van der Waals surface area contributed by atoms with E-state index in [1.165, 1.54) is 58.7 Å². The van der Waals surface area contributed by atoms with E-state index in [2.05, 4.69) is 0 Å². The molecule has 10 heteroatoms.